The fourth-order valence-corrected chi connectivity index (χ4v) is 1.38. The van der Waals surface area contributed by atoms with Gasteiger partial charge in [0.05, 0.1) is 0 Å². The van der Waals surface area contributed by atoms with Crippen molar-refractivity contribution in [1.82, 2.24) is 20.3 Å². The first-order valence-electron chi connectivity index (χ1n) is 5.18. The van der Waals surface area contributed by atoms with Gasteiger partial charge in [0.1, 0.15) is 11.6 Å². The van der Waals surface area contributed by atoms with E-state index in [-0.39, 0.29) is 11.4 Å². The highest BCUT2D eigenvalue weighted by Crippen LogP contribution is 2.11. The lowest BCUT2D eigenvalue weighted by atomic mass is 10.3. The largest absolute Gasteiger partial charge is 0.505 e. The number of nitrogens with zero attached hydrogens (tertiary/aromatic N) is 2. The number of nitrogens with one attached hydrogen (secondary N) is 2. The molecule has 3 N–H and O–H groups in total. The summed E-state index contributed by atoms with van der Waals surface area (Å²) in [6.45, 7) is 0.433. The molecule has 0 aliphatic heterocycles. The van der Waals surface area contributed by atoms with Gasteiger partial charge in [-0.2, -0.15) is 0 Å². The Morgan fingerprint density at radius 2 is 2.29 bits per heavy atom. The molecule has 0 aliphatic rings. The molecule has 2 aromatic heterocycles. The van der Waals surface area contributed by atoms with Crippen molar-refractivity contribution in [3.05, 3.63) is 42.2 Å². The number of hydrogen-bond donors (Lipinski definition) is 3. The van der Waals surface area contributed by atoms with Crippen molar-refractivity contribution in [1.29, 1.82) is 0 Å². The third kappa shape index (κ3) is 2.81. The lowest BCUT2D eigenvalue weighted by Crippen LogP contribution is -2.26. The van der Waals surface area contributed by atoms with E-state index in [4.69, 9.17) is 0 Å². The molecule has 0 spiro atoms. The second-order valence-corrected chi connectivity index (χ2v) is 3.41. The smallest absolute Gasteiger partial charge is 0.273 e. The fraction of sp³-hybridized carbons (Fsp3) is 0.182. The molecular formula is C11H12N4O2. The Morgan fingerprint density at radius 1 is 1.41 bits per heavy atom. The Kier molecular flexibility index (Phi) is 3.34. The highest BCUT2D eigenvalue weighted by atomic mass is 16.3. The Hall–Kier alpha value is -2.37. The molecule has 0 unspecified atom stereocenters. The van der Waals surface area contributed by atoms with Crippen LogP contribution in [0.5, 0.6) is 5.75 Å². The van der Waals surface area contributed by atoms with Gasteiger partial charge in [0.15, 0.2) is 5.69 Å². The Morgan fingerprint density at radius 3 is 3.00 bits per heavy atom. The zero-order valence-corrected chi connectivity index (χ0v) is 9.05. The number of pyridine rings is 1. The van der Waals surface area contributed by atoms with Crippen LogP contribution in [0, 0.1) is 0 Å². The molecule has 88 valence electrons. The summed E-state index contributed by atoms with van der Waals surface area (Å²) in [6.07, 6.45) is 5.44. The number of aromatic nitrogens is 3. The lowest BCUT2D eigenvalue weighted by Gasteiger charge is -2.04. The summed E-state index contributed by atoms with van der Waals surface area (Å²) in [4.78, 5) is 22.4. The molecule has 6 nitrogen and oxygen atoms in total. The van der Waals surface area contributed by atoms with Crippen LogP contribution in [-0.2, 0) is 6.42 Å². The molecule has 2 heterocycles. The molecule has 17 heavy (non-hydrogen) atoms. The molecular weight excluding hydrogens is 220 g/mol. The lowest BCUT2D eigenvalue weighted by molar-refractivity contribution is 0.0946. The van der Waals surface area contributed by atoms with Crippen LogP contribution in [0.4, 0.5) is 0 Å². The zero-order valence-electron chi connectivity index (χ0n) is 9.05. The maximum Gasteiger partial charge on any atom is 0.273 e. The maximum absolute atomic E-state index is 11.6. The fourth-order valence-electron chi connectivity index (χ4n) is 1.38. The summed E-state index contributed by atoms with van der Waals surface area (Å²) in [5.41, 5.74) is 0.0342. The topological polar surface area (TPSA) is 90.9 Å². The van der Waals surface area contributed by atoms with E-state index in [1.807, 2.05) is 0 Å². The zero-order chi connectivity index (χ0) is 12.1. The van der Waals surface area contributed by atoms with E-state index in [0.717, 1.165) is 5.82 Å². The third-order valence-corrected chi connectivity index (χ3v) is 2.20. The average molecular weight is 232 g/mol. The third-order valence-electron chi connectivity index (χ3n) is 2.20. The molecule has 0 saturated carbocycles. The predicted octanol–water partition coefficient (Wildman–Crippen LogP) is 0.483. The van der Waals surface area contributed by atoms with Crippen molar-refractivity contribution >= 4 is 5.91 Å². The number of H-pyrrole nitrogens is 1. The van der Waals surface area contributed by atoms with E-state index in [1.54, 1.807) is 18.5 Å². The normalized spacial score (nSPS) is 10.1. The van der Waals surface area contributed by atoms with Gasteiger partial charge in [-0.3, -0.25) is 4.79 Å². The van der Waals surface area contributed by atoms with Crippen molar-refractivity contribution in [3.8, 4) is 5.75 Å². The van der Waals surface area contributed by atoms with Crippen molar-refractivity contribution in [2.24, 2.45) is 0 Å². The van der Waals surface area contributed by atoms with E-state index < -0.39 is 5.91 Å². The summed E-state index contributed by atoms with van der Waals surface area (Å²) >= 11 is 0. The van der Waals surface area contributed by atoms with Gasteiger partial charge >= 0.3 is 0 Å². The molecule has 2 aromatic rings. The molecule has 0 fully saturated rings. The highest BCUT2D eigenvalue weighted by molar-refractivity contribution is 5.94. The molecule has 0 radical (unpaired) electrons. The first-order chi connectivity index (χ1) is 8.27. The van der Waals surface area contributed by atoms with Crippen molar-refractivity contribution in [3.63, 3.8) is 0 Å². The van der Waals surface area contributed by atoms with Gasteiger partial charge in [-0.1, -0.05) is 0 Å². The van der Waals surface area contributed by atoms with Crippen molar-refractivity contribution in [2.45, 2.75) is 6.42 Å². The Balaban J connectivity index is 1.88. The molecule has 0 bridgehead atoms. The maximum atomic E-state index is 11.6. The van der Waals surface area contributed by atoms with Gasteiger partial charge < -0.3 is 15.4 Å². The van der Waals surface area contributed by atoms with E-state index in [0.29, 0.717) is 13.0 Å². The summed E-state index contributed by atoms with van der Waals surface area (Å²) in [7, 11) is 0. The van der Waals surface area contributed by atoms with Crippen molar-refractivity contribution < 1.29 is 9.90 Å². The van der Waals surface area contributed by atoms with Gasteiger partial charge in [0.25, 0.3) is 5.91 Å². The van der Waals surface area contributed by atoms with Crippen LogP contribution in [0.15, 0.2) is 30.7 Å². The summed E-state index contributed by atoms with van der Waals surface area (Å²) in [5.74, 6) is 0.285. The van der Waals surface area contributed by atoms with Gasteiger partial charge in [0.2, 0.25) is 0 Å². The van der Waals surface area contributed by atoms with Gasteiger partial charge in [0, 0.05) is 31.6 Å². The molecule has 0 aliphatic carbocycles. The first kappa shape index (κ1) is 11.1. The summed E-state index contributed by atoms with van der Waals surface area (Å²) in [6, 6.07) is 2.99. The number of imidazole rings is 1. The Bertz CT molecular complexity index is 496. The minimum absolute atomic E-state index is 0.0342. The molecule has 2 rings (SSSR count). The van der Waals surface area contributed by atoms with E-state index in [2.05, 4.69) is 20.3 Å². The number of aromatic hydroxyl groups is 1. The monoisotopic (exact) mass is 232 g/mol. The number of aromatic amines is 1. The van der Waals surface area contributed by atoms with Crippen LogP contribution in [0.25, 0.3) is 0 Å². The molecule has 6 heteroatoms. The standard InChI is InChI=1S/C11H12N4O2/c16-8-2-1-4-14-10(8)11(17)15-5-3-9-12-6-7-13-9/h1-2,4,6-7,16H,3,5H2,(H,12,13)(H,15,17). The van der Waals surface area contributed by atoms with Gasteiger partial charge in [-0.25, -0.2) is 9.97 Å². The van der Waals surface area contributed by atoms with Crippen LogP contribution in [-0.4, -0.2) is 32.5 Å². The second kappa shape index (κ2) is 5.11. The van der Waals surface area contributed by atoms with E-state index in [1.165, 1.54) is 12.3 Å². The SMILES string of the molecule is O=C(NCCc1ncc[nH]1)c1ncccc1O. The number of carbonyl (C=O) groups is 1. The van der Waals surface area contributed by atoms with Crippen LogP contribution in [0.3, 0.4) is 0 Å². The van der Waals surface area contributed by atoms with E-state index >= 15 is 0 Å². The molecule has 0 aromatic carbocycles. The van der Waals surface area contributed by atoms with E-state index in [9.17, 15) is 9.90 Å². The summed E-state index contributed by atoms with van der Waals surface area (Å²) in [5, 5.41) is 12.1. The quantitative estimate of drug-likeness (QED) is 0.715. The summed E-state index contributed by atoms with van der Waals surface area (Å²) < 4.78 is 0. The number of hydrogen-bond acceptors (Lipinski definition) is 4. The van der Waals surface area contributed by atoms with Crippen LogP contribution < -0.4 is 5.32 Å². The average Bonchev–Trinajstić information content (AvgIpc) is 2.82. The first-order valence-corrected chi connectivity index (χ1v) is 5.18. The Labute approximate surface area is 97.7 Å². The minimum atomic E-state index is -0.394. The predicted molar refractivity (Wildman–Crippen MR) is 60.5 cm³/mol. The number of carbonyl (C=O) groups excluding carboxylic acids is 1. The second-order valence-electron chi connectivity index (χ2n) is 3.41. The van der Waals surface area contributed by atoms with Crippen LogP contribution in [0.1, 0.15) is 16.3 Å². The highest BCUT2D eigenvalue weighted by Gasteiger charge is 2.11. The van der Waals surface area contributed by atoms with Crippen LogP contribution in [0.2, 0.25) is 0 Å². The number of rotatable bonds is 4. The minimum Gasteiger partial charge on any atom is -0.505 e. The molecule has 1 amide bonds. The van der Waals surface area contributed by atoms with Gasteiger partial charge in [-0.05, 0) is 12.1 Å². The molecule has 0 atom stereocenters. The molecule has 0 saturated heterocycles. The van der Waals surface area contributed by atoms with Crippen molar-refractivity contribution in [2.75, 3.05) is 6.54 Å². The van der Waals surface area contributed by atoms with Gasteiger partial charge in [-0.15, -0.1) is 0 Å². The van der Waals surface area contributed by atoms with Crippen LogP contribution >= 0.6 is 0 Å². The number of amides is 1.